The Morgan fingerprint density at radius 2 is 2.28 bits per heavy atom. The molecule has 1 aliphatic rings. The monoisotopic (exact) mass is 347 g/mol. The van der Waals surface area contributed by atoms with Gasteiger partial charge in [-0.1, -0.05) is 26.0 Å². The third kappa shape index (κ3) is 6.94. The smallest absolute Gasteiger partial charge is 0.193 e. The van der Waals surface area contributed by atoms with E-state index < -0.39 is 0 Å². The second kappa shape index (κ2) is 10.3. The van der Waals surface area contributed by atoms with Crippen molar-refractivity contribution in [1.82, 2.24) is 10.2 Å². The van der Waals surface area contributed by atoms with Crippen LogP contribution in [0.25, 0.3) is 0 Å². The average Bonchev–Trinajstić information content (AvgIpc) is 3.10. The van der Waals surface area contributed by atoms with Crippen molar-refractivity contribution in [3.8, 4) is 5.75 Å². The molecule has 0 spiro atoms. The number of guanidine groups is 1. The number of nitrogens with one attached hydrogen (secondary N) is 1. The summed E-state index contributed by atoms with van der Waals surface area (Å²) in [5.74, 6) is 2.99. The van der Waals surface area contributed by atoms with E-state index in [9.17, 15) is 0 Å². The minimum absolute atomic E-state index is 0.523. The lowest BCUT2D eigenvalue weighted by molar-refractivity contribution is 0.181. The Kier molecular flexibility index (Phi) is 8.06. The first-order valence-corrected chi connectivity index (χ1v) is 9.37. The Balaban J connectivity index is 1.96. The summed E-state index contributed by atoms with van der Waals surface area (Å²) in [4.78, 5) is 7.01. The largest absolute Gasteiger partial charge is 0.493 e. The first-order valence-electron chi connectivity index (χ1n) is 9.37. The number of aliphatic imine (C=N–C) groups is 1. The molecule has 0 bridgehead atoms. The molecule has 1 aliphatic heterocycles. The molecule has 1 aromatic rings. The van der Waals surface area contributed by atoms with Crippen molar-refractivity contribution in [2.45, 2.75) is 33.7 Å². The van der Waals surface area contributed by atoms with Crippen molar-refractivity contribution in [2.75, 3.05) is 40.0 Å². The van der Waals surface area contributed by atoms with Crippen molar-refractivity contribution in [1.29, 1.82) is 0 Å². The third-order valence-electron chi connectivity index (χ3n) is 4.15. The van der Waals surface area contributed by atoms with Crippen LogP contribution in [0.1, 0.15) is 32.8 Å². The molecule has 2 rings (SSSR count). The van der Waals surface area contributed by atoms with Gasteiger partial charge in [-0.25, -0.2) is 4.99 Å². The Bertz CT molecular complexity index is 539. The predicted molar refractivity (Wildman–Crippen MR) is 103 cm³/mol. The van der Waals surface area contributed by atoms with E-state index in [4.69, 9.17) is 14.5 Å². The zero-order valence-electron chi connectivity index (χ0n) is 16.1. The van der Waals surface area contributed by atoms with Gasteiger partial charge in [0.1, 0.15) is 5.75 Å². The topological polar surface area (TPSA) is 46.1 Å². The summed E-state index contributed by atoms with van der Waals surface area (Å²) in [5, 5.41) is 3.39. The minimum atomic E-state index is 0.523. The van der Waals surface area contributed by atoms with Gasteiger partial charge in [0.2, 0.25) is 0 Å². The molecule has 140 valence electrons. The average molecular weight is 348 g/mol. The molecule has 1 fully saturated rings. The lowest BCUT2D eigenvalue weighted by Crippen LogP contribution is -2.41. The van der Waals surface area contributed by atoms with Crippen molar-refractivity contribution in [3.63, 3.8) is 0 Å². The summed E-state index contributed by atoms with van der Waals surface area (Å²) in [6.07, 6.45) is 1.14. The molecular formula is C20H33N3O2. The Hall–Kier alpha value is -1.75. The highest BCUT2D eigenvalue weighted by Gasteiger charge is 2.19. The van der Waals surface area contributed by atoms with Crippen LogP contribution >= 0.6 is 0 Å². The lowest BCUT2D eigenvalue weighted by atomic mass is 10.1. The van der Waals surface area contributed by atoms with Gasteiger partial charge in [-0.3, -0.25) is 0 Å². The van der Waals surface area contributed by atoms with Gasteiger partial charge in [-0.15, -0.1) is 0 Å². The van der Waals surface area contributed by atoms with E-state index in [0.717, 1.165) is 56.6 Å². The standard InChI is InChI=1S/C20H33N3O2/c1-5-21-20(23(4)13-18-9-10-24-15-18)22-12-17-7-6-8-19(11-17)25-14-16(2)3/h6-8,11,16,18H,5,9-10,12-15H2,1-4H3,(H,21,22). The molecule has 5 heteroatoms. The van der Waals surface area contributed by atoms with E-state index in [1.165, 1.54) is 0 Å². The summed E-state index contributed by atoms with van der Waals surface area (Å²) >= 11 is 0. The van der Waals surface area contributed by atoms with Crippen molar-refractivity contribution < 1.29 is 9.47 Å². The van der Waals surface area contributed by atoms with Crippen molar-refractivity contribution in [2.24, 2.45) is 16.8 Å². The zero-order valence-corrected chi connectivity index (χ0v) is 16.1. The molecule has 1 aromatic carbocycles. The number of benzene rings is 1. The number of hydrogen-bond donors (Lipinski definition) is 1. The van der Waals surface area contributed by atoms with Gasteiger partial charge in [-0.2, -0.15) is 0 Å². The van der Waals surface area contributed by atoms with Crippen molar-refractivity contribution in [3.05, 3.63) is 29.8 Å². The fraction of sp³-hybridized carbons (Fsp3) is 0.650. The van der Waals surface area contributed by atoms with E-state index in [0.29, 0.717) is 18.4 Å². The maximum atomic E-state index is 5.81. The molecule has 1 N–H and O–H groups in total. The molecule has 25 heavy (non-hydrogen) atoms. The molecule has 0 aliphatic carbocycles. The quantitative estimate of drug-likeness (QED) is 0.580. The van der Waals surface area contributed by atoms with Gasteiger partial charge in [0.25, 0.3) is 0 Å². The summed E-state index contributed by atoms with van der Waals surface area (Å²) in [6, 6.07) is 8.22. The van der Waals surface area contributed by atoms with Crippen LogP contribution < -0.4 is 10.1 Å². The summed E-state index contributed by atoms with van der Waals surface area (Å²) in [7, 11) is 2.10. The Morgan fingerprint density at radius 3 is 2.96 bits per heavy atom. The van der Waals surface area contributed by atoms with Gasteiger partial charge in [-0.05, 0) is 37.0 Å². The van der Waals surface area contributed by atoms with E-state index >= 15 is 0 Å². The van der Waals surface area contributed by atoms with Crippen LogP contribution in [0.5, 0.6) is 5.75 Å². The van der Waals surface area contributed by atoms with Crippen LogP contribution in [-0.4, -0.2) is 50.8 Å². The van der Waals surface area contributed by atoms with Gasteiger partial charge in [0.05, 0.1) is 19.8 Å². The highest BCUT2D eigenvalue weighted by atomic mass is 16.5. The molecule has 0 aromatic heterocycles. The Morgan fingerprint density at radius 1 is 1.44 bits per heavy atom. The van der Waals surface area contributed by atoms with Crippen molar-refractivity contribution >= 4 is 5.96 Å². The van der Waals surface area contributed by atoms with Gasteiger partial charge in [0, 0.05) is 32.7 Å². The highest BCUT2D eigenvalue weighted by molar-refractivity contribution is 5.79. The van der Waals surface area contributed by atoms with Crippen LogP contribution in [0.2, 0.25) is 0 Å². The lowest BCUT2D eigenvalue weighted by Gasteiger charge is -2.24. The van der Waals surface area contributed by atoms with Gasteiger partial charge >= 0.3 is 0 Å². The van der Waals surface area contributed by atoms with Gasteiger partial charge < -0.3 is 19.7 Å². The minimum Gasteiger partial charge on any atom is -0.493 e. The molecule has 1 unspecified atom stereocenters. The van der Waals surface area contributed by atoms with Crippen LogP contribution in [0.4, 0.5) is 0 Å². The molecule has 5 nitrogen and oxygen atoms in total. The van der Waals surface area contributed by atoms with Crippen LogP contribution in [0.15, 0.2) is 29.3 Å². The molecule has 0 saturated carbocycles. The highest BCUT2D eigenvalue weighted by Crippen LogP contribution is 2.16. The van der Waals surface area contributed by atoms with E-state index in [1.807, 2.05) is 12.1 Å². The fourth-order valence-electron chi connectivity index (χ4n) is 2.83. The first kappa shape index (κ1) is 19.6. The first-order chi connectivity index (χ1) is 12.1. The number of ether oxygens (including phenoxy) is 2. The van der Waals surface area contributed by atoms with Gasteiger partial charge in [0.15, 0.2) is 5.96 Å². The fourth-order valence-corrected chi connectivity index (χ4v) is 2.83. The van der Waals surface area contributed by atoms with E-state index in [-0.39, 0.29) is 0 Å². The molecular weight excluding hydrogens is 314 g/mol. The summed E-state index contributed by atoms with van der Waals surface area (Å²) in [6.45, 7) is 11.4. The second-order valence-corrected chi connectivity index (χ2v) is 7.13. The van der Waals surface area contributed by atoms with Crippen LogP contribution in [0, 0.1) is 11.8 Å². The molecule has 1 atom stereocenters. The summed E-state index contributed by atoms with van der Waals surface area (Å²) in [5.41, 5.74) is 1.16. The molecule has 0 amide bonds. The molecule has 1 saturated heterocycles. The SMILES string of the molecule is CCNC(=NCc1cccc(OCC(C)C)c1)N(C)CC1CCOC1. The number of nitrogens with zero attached hydrogens (tertiary/aromatic N) is 2. The maximum absolute atomic E-state index is 5.81. The third-order valence-corrected chi connectivity index (χ3v) is 4.15. The normalized spacial score (nSPS) is 17.8. The molecule has 0 radical (unpaired) electrons. The second-order valence-electron chi connectivity index (χ2n) is 7.13. The van der Waals surface area contributed by atoms with Crippen LogP contribution in [-0.2, 0) is 11.3 Å². The number of hydrogen-bond acceptors (Lipinski definition) is 3. The summed E-state index contributed by atoms with van der Waals surface area (Å²) < 4.78 is 11.3. The predicted octanol–water partition coefficient (Wildman–Crippen LogP) is 3.16. The zero-order chi connectivity index (χ0) is 18.1. The Labute approximate surface area is 152 Å². The van der Waals surface area contributed by atoms with Crippen LogP contribution in [0.3, 0.4) is 0 Å². The van der Waals surface area contributed by atoms with E-state index in [2.05, 4.69) is 50.2 Å². The van der Waals surface area contributed by atoms with E-state index in [1.54, 1.807) is 0 Å². The number of rotatable bonds is 8. The molecule has 1 heterocycles. The maximum Gasteiger partial charge on any atom is 0.193 e.